The lowest BCUT2D eigenvalue weighted by Gasteiger charge is -2.24. The molecule has 1 N–H and O–H groups in total. The molecule has 0 fully saturated rings. The van der Waals surface area contributed by atoms with Gasteiger partial charge in [0.1, 0.15) is 17.6 Å². The summed E-state index contributed by atoms with van der Waals surface area (Å²) in [5.74, 6) is 1.42. The molecule has 8 heteroatoms. The predicted octanol–water partition coefficient (Wildman–Crippen LogP) is 4.85. The van der Waals surface area contributed by atoms with E-state index >= 15 is 0 Å². The molecule has 0 bridgehead atoms. The maximum Gasteiger partial charge on any atom is 0.387 e. The molecule has 1 atom stereocenters. The zero-order valence-corrected chi connectivity index (χ0v) is 16.4. The Kier molecular flexibility index (Phi) is 4.81. The molecule has 0 aliphatic carbocycles. The number of aromatic nitrogens is 3. The number of alkyl halides is 2. The van der Waals surface area contributed by atoms with Crippen LogP contribution in [0.25, 0.3) is 5.70 Å². The molecule has 1 aliphatic heterocycles. The normalized spacial score (nSPS) is 15.9. The number of nitrogens with one attached hydrogen (secondary N) is 1. The SMILES string of the molecule is Cc1nc2n(n1)[C@H](c1ccc(OC(F)F)cc1)C=C(c1ccc(I)cc1)N2. The van der Waals surface area contributed by atoms with Gasteiger partial charge >= 0.3 is 6.61 Å². The molecule has 0 saturated carbocycles. The van der Waals surface area contributed by atoms with Crippen molar-refractivity contribution >= 4 is 34.2 Å². The summed E-state index contributed by atoms with van der Waals surface area (Å²) in [6.07, 6.45) is 2.05. The van der Waals surface area contributed by atoms with Gasteiger partial charge in [-0.05, 0) is 71.0 Å². The van der Waals surface area contributed by atoms with Gasteiger partial charge in [-0.25, -0.2) is 4.68 Å². The van der Waals surface area contributed by atoms with Crippen LogP contribution in [0.4, 0.5) is 14.7 Å². The third kappa shape index (κ3) is 3.80. The number of aryl methyl sites for hydroxylation is 1. The number of hydrogen-bond donors (Lipinski definition) is 1. The van der Waals surface area contributed by atoms with Crippen molar-refractivity contribution in [2.45, 2.75) is 19.6 Å². The molecule has 3 aromatic rings. The predicted molar refractivity (Wildman–Crippen MR) is 107 cm³/mol. The fourth-order valence-corrected chi connectivity index (χ4v) is 3.34. The zero-order valence-electron chi connectivity index (χ0n) is 14.2. The van der Waals surface area contributed by atoms with Crippen LogP contribution < -0.4 is 10.1 Å². The van der Waals surface area contributed by atoms with Gasteiger partial charge < -0.3 is 10.1 Å². The monoisotopic (exact) mass is 480 g/mol. The van der Waals surface area contributed by atoms with E-state index in [1.807, 2.05) is 37.3 Å². The van der Waals surface area contributed by atoms with Gasteiger partial charge in [-0.2, -0.15) is 18.9 Å². The van der Waals surface area contributed by atoms with Crippen LogP contribution in [0.15, 0.2) is 54.6 Å². The largest absolute Gasteiger partial charge is 0.435 e. The molecule has 4 rings (SSSR count). The van der Waals surface area contributed by atoms with E-state index in [0.29, 0.717) is 11.8 Å². The third-order valence-electron chi connectivity index (χ3n) is 4.17. The number of ether oxygens (including phenoxy) is 1. The number of halogens is 3. The second kappa shape index (κ2) is 7.26. The molecule has 0 unspecified atom stereocenters. The summed E-state index contributed by atoms with van der Waals surface area (Å²) in [6, 6.07) is 14.5. The van der Waals surface area contributed by atoms with Crippen molar-refractivity contribution in [2.75, 3.05) is 5.32 Å². The smallest absolute Gasteiger partial charge is 0.387 e. The highest BCUT2D eigenvalue weighted by Gasteiger charge is 2.24. The lowest BCUT2D eigenvalue weighted by molar-refractivity contribution is -0.0498. The second-order valence-electron chi connectivity index (χ2n) is 6.03. The van der Waals surface area contributed by atoms with E-state index in [1.165, 1.54) is 12.1 Å². The topological polar surface area (TPSA) is 52.0 Å². The lowest BCUT2D eigenvalue weighted by Crippen LogP contribution is -2.20. The summed E-state index contributed by atoms with van der Waals surface area (Å²) in [5, 5.41) is 7.78. The molecular formula is C19H15F2IN4O. The minimum atomic E-state index is -2.84. The van der Waals surface area contributed by atoms with Crippen LogP contribution in [0.3, 0.4) is 0 Å². The summed E-state index contributed by atoms with van der Waals surface area (Å²) < 4.78 is 32.1. The van der Waals surface area contributed by atoms with Crippen molar-refractivity contribution in [3.63, 3.8) is 0 Å². The first-order valence-electron chi connectivity index (χ1n) is 8.22. The van der Waals surface area contributed by atoms with Gasteiger partial charge in [0.15, 0.2) is 0 Å². The Morgan fingerprint density at radius 2 is 1.81 bits per heavy atom. The van der Waals surface area contributed by atoms with Crippen LogP contribution in [0.5, 0.6) is 5.75 Å². The molecule has 5 nitrogen and oxygen atoms in total. The molecular weight excluding hydrogens is 465 g/mol. The van der Waals surface area contributed by atoms with Crippen molar-refractivity contribution in [1.29, 1.82) is 0 Å². The molecule has 0 spiro atoms. The van der Waals surface area contributed by atoms with Crippen LogP contribution in [0, 0.1) is 10.5 Å². The zero-order chi connectivity index (χ0) is 19.0. The third-order valence-corrected chi connectivity index (χ3v) is 4.89. The molecule has 0 amide bonds. The van der Waals surface area contributed by atoms with Gasteiger partial charge in [0.05, 0.1) is 0 Å². The highest BCUT2D eigenvalue weighted by molar-refractivity contribution is 14.1. The number of hydrogen-bond acceptors (Lipinski definition) is 4. The molecule has 138 valence electrons. The number of nitrogens with zero attached hydrogens (tertiary/aromatic N) is 3. The molecule has 1 aliphatic rings. The summed E-state index contributed by atoms with van der Waals surface area (Å²) in [7, 11) is 0. The number of fused-ring (bicyclic) bond motifs is 1. The van der Waals surface area contributed by atoms with E-state index in [-0.39, 0.29) is 11.8 Å². The fourth-order valence-electron chi connectivity index (χ4n) is 2.98. The van der Waals surface area contributed by atoms with E-state index in [9.17, 15) is 8.78 Å². The number of anilines is 1. The molecule has 2 heterocycles. The number of benzene rings is 2. The highest BCUT2D eigenvalue weighted by atomic mass is 127. The van der Waals surface area contributed by atoms with Crippen LogP contribution in [-0.2, 0) is 0 Å². The van der Waals surface area contributed by atoms with Crippen LogP contribution in [-0.4, -0.2) is 21.4 Å². The molecule has 0 saturated heterocycles. The fraction of sp³-hybridized carbons (Fsp3) is 0.158. The number of rotatable bonds is 4. The summed E-state index contributed by atoms with van der Waals surface area (Å²) in [6.45, 7) is -1.01. The van der Waals surface area contributed by atoms with Gasteiger partial charge in [-0.1, -0.05) is 24.3 Å². The summed E-state index contributed by atoms with van der Waals surface area (Å²) in [5.41, 5.74) is 2.85. The van der Waals surface area contributed by atoms with Gasteiger partial charge in [-0.3, -0.25) is 0 Å². The maximum absolute atomic E-state index is 12.4. The highest BCUT2D eigenvalue weighted by Crippen LogP contribution is 2.33. The van der Waals surface area contributed by atoms with Crippen molar-refractivity contribution < 1.29 is 13.5 Å². The van der Waals surface area contributed by atoms with Crippen LogP contribution in [0.2, 0.25) is 0 Å². The molecule has 0 radical (unpaired) electrons. The molecule has 1 aromatic heterocycles. The first kappa shape index (κ1) is 17.9. The van der Waals surface area contributed by atoms with Gasteiger partial charge in [0, 0.05) is 9.27 Å². The van der Waals surface area contributed by atoms with E-state index in [0.717, 1.165) is 20.4 Å². The van der Waals surface area contributed by atoms with Gasteiger partial charge in [-0.15, -0.1) is 0 Å². The van der Waals surface area contributed by atoms with Crippen molar-refractivity contribution in [1.82, 2.24) is 14.8 Å². The Labute approximate surface area is 168 Å². The lowest BCUT2D eigenvalue weighted by atomic mass is 10.0. The molecule has 27 heavy (non-hydrogen) atoms. The van der Waals surface area contributed by atoms with E-state index in [4.69, 9.17) is 0 Å². The Balaban J connectivity index is 1.73. The minimum Gasteiger partial charge on any atom is -0.435 e. The van der Waals surface area contributed by atoms with E-state index in [2.05, 4.69) is 42.7 Å². The number of allylic oxidation sites excluding steroid dienone is 1. The Hall–Kier alpha value is -2.49. The average molecular weight is 480 g/mol. The Bertz CT molecular complexity index is 984. The summed E-state index contributed by atoms with van der Waals surface area (Å²) >= 11 is 2.26. The van der Waals surface area contributed by atoms with E-state index < -0.39 is 6.61 Å². The quantitative estimate of drug-likeness (QED) is 0.543. The standard InChI is InChI=1S/C19H15F2IN4O/c1-11-23-19-24-16(12-2-6-14(22)7-3-12)10-17(26(19)25-11)13-4-8-15(9-5-13)27-18(20)21/h2-10,17-18H,1H3,(H,23,24,25)/t17-/m0/s1. The first-order valence-corrected chi connectivity index (χ1v) is 9.30. The maximum atomic E-state index is 12.4. The van der Waals surface area contributed by atoms with Crippen molar-refractivity contribution in [2.24, 2.45) is 0 Å². The van der Waals surface area contributed by atoms with Crippen LogP contribution >= 0.6 is 22.6 Å². The van der Waals surface area contributed by atoms with Gasteiger partial charge in [0.25, 0.3) is 0 Å². The first-order chi connectivity index (χ1) is 13.0. The Morgan fingerprint density at radius 1 is 1.11 bits per heavy atom. The van der Waals surface area contributed by atoms with Gasteiger partial charge in [0.2, 0.25) is 5.95 Å². The van der Waals surface area contributed by atoms with Crippen molar-refractivity contribution in [3.05, 3.63) is 75.1 Å². The minimum absolute atomic E-state index is 0.125. The Morgan fingerprint density at radius 3 is 2.48 bits per heavy atom. The average Bonchev–Trinajstić information content (AvgIpc) is 3.02. The van der Waals surface area contributed by atoms with Crippen molar-refractivity contribution in [3.8, 4) is 5.75 Å². The van der Waals surface area contributed by atoms with E-state index in [1.54, 1.807) is 16.8 Å². The van der Waals surface area contributed by atoms with Crippen LogP contribution in [0.1, 0.15) is 23.0 Å². The molecule has 2 aromatic carbocycles. The summed E-state index contributed by atoms with van der Waals surface area (Å²) in [4.78, 5) is 4.45. The second-order valence-corrected chi connectivity index (χ2v) is 7.28.